The van der Waals surface area contributed by atoms with Crippen LogP contribution in [0.25, 0.3) is 0 Å². The lowest BCUT2D eigenvalue weighted by atomic mass is 10.0. The van der Waals surface area contributed by atoms with Gasteiger partial charge in [-0.3, -0.25) is 0 Å². The van der Waals surface area contributed by atoms with Crippen LogP contribution >= 0.6 is 11.8 Å². The number of benzene rings is 1. The molecular formula is C15H23NO2S. The van der Waals surface area contributed by atoms with Crippen molar-refractivity contribution in [3.8, 4) is 5.75 Å². The predicted octanol–water partition coefficient (Wildman–Crippen LogP) is 2.87. The monoisotopic (exact) mass is 281 g/mol. The molecule has 0 radical (unpaired) electrons. The summed E-state index contributed by atoms with van der Waals surface area (Å²) in [5, 5.41) is 3.54. The number of likely N-dealkylation sites (N-methyl/N-ethyl adjacent to an activating group) is 1. The molecule has 3 nitrogen and oxygen atoms in total. The molecule has 0 aromatic heterocycles. The average molecular weight is 281 g/mol. The molecule has 1 N–H and O–H groups in total. The van der Waals surface area contributed by atoms with Crippen molar-refractivity contribution >= 4 is 11.8 Å². The largest absolute Gasteiger partial charge is 0.494 e. The van der Waals surface area contributed by atoms with Crippen molar-refractivity contribution < 1.29 is 9.47 Å². The second-order valence-electron chi connectivity index (χ2n) is 4.52. The van der Waals surface area contributed by atoms with E-state index in [0.29, 0.717) is 6.61 Å². The maximum Gasteiger partial charge on any atom is 0.119 e. The highest BCUT2D eigenvalue weighted by Gasteiger charge is 2.25. The van der Waals surface area contributed by atoms with Crippen LogP contribution in [0.3, 0.4) is 0 Å². The van der Waals surface area contributed by atoms with Gasteiger partial charge < -0.3 is 14.8 Å². The van der Waals surface area contributed by atoms with Crippen LogP contribution in [0.2, 0.25) is 0 Å². The normalized spacial score (nSPS) is 21.1. The summed E-state index contributed by atoms with van der Waals surface area (Å²) in [5.41, 5.74) is 1.28. The molecule has 2 unspecified atom stereocenters. The van der Waals surface area contributed by atoms with Crippen molar-refractivity contribution in [2.75, 3.05) is 31.3 Å². The van der Waals surface area contributed by atoms with Gasteiger partial charge >= 0.3 is 0 Å². The van der Waals surface area contributed by atoms with Crippen molar-refractivity contribution in [2.24, 2.45) is 0 Å². The minimum atomic E-state index is 0.261. The molecule has 19 heavy (non-hydrogen) atoms. The van der Waals surface area contributed by atoms with Crippen molar-refractivity contribution in [2.45, 2.75) is 26.0 Å². The van der Waals surface area contributed by atoms with Gasteiger partial charge in [0, 0.05) is 11.5 Å². The summed E-state index contributed by atoms with van der Waals surface area (Å²) in [6.07, 6.45) is 0.261. The minimum absolute atomic E-state index is 0.261. The van der Waals surface area contributed by atoms with Gasteiger partial charge in [0.2, 0.25) is 0 Å². The molecule has 106 valence electrons. The third-order valence-electron chi connectivity index (χ3n) is 3.19. The topological polar surface area (TPSA) is 30.5 Å². The predicted molar refractivity (Wildman–Crippen MR) is 81.1 cm³/mol. The van der Waals surface area contributed by atoms with Crippen LogP contribution < -0.4 is 10.1 Å². The quantitative estimate of drug-likeness (QED) is 0.868. The Bertz CT molecular complexity index is 363. The Balaban J connectivity index is 2.08. The zero-order valence-corrected chi connectivity index (χ0v) is 12.5. The Hall–Kier alpha value is -0.710. The molecule has 4 heteroatoms. The van der Waals surface area contributed by atoms with E-state index in [2.05, 4.69) is 24.4 Å². The molecule has 1 aromatic carbocycles. The average Bonchev–Trinajstić information content (AvgIpc) is 2.47. The summed E-state index contributed by atoms with van der Waals surface area (Å²) in [7, 11) is 0. The number of ether oxygens (including phenoxy) is 2. The van der Waals surface area contributed by atoms with Gasteiger partial charge in [0.25, 0.3) is 0 Å². The van der Waals surface area contributed by atoms with Gasteiger partial charge in [-0.15, -0.1) is 0 Å². The highest BCUT2D eigenvalue weighted by Crippen LogP contribution is 2.26. The maximum absolute atomic E-state index is 5.91. The maximum atomic E-state index is 5.91. The molecule has 0 bridgehead atoms. The summed E-state index contributed by atoms with van der Waals surface area (Å²) >= 11 is 1.97. The highest BCUT2D eigenvalue weighted by molar-refractivity contribution is 7.99. The number of hydrogen-bond acceptors (Lipinski definition) is 4. The molecule has 1 aliphatic heterocycles. The summed E-state index contributed by atoms with van der Waals surface area (Å²) in [4.78, 5) is 0. The van der Waals surface area contributed by atoms with Crippen LogP contribution in [0.5, 0.6) is 5.75 Å². The standard InChI is InChI=1S/C15H23NO2S/c1-3-16-15(14-11-19-10-9-18-14)12-5-7-13(8-6-12)17-4-2/h5-8,14-16H,3-4,9-11H2,1-2H3. The van der Waals surface area contributed by atoms with Gasteiger partial charge in [0.1, 0.15) is 5.75 Å². The first-order chi connectivity index (χ1) is 9.35. The lowest BCUT2D eigenvalue weighted by Crippen LogP contribution is -2.38. The lowest BCUT2D eigenvalue weighted by molar-refractivity contribution is 0.0472. The SMILES string of the molecule is CCNC(c1ccc(OCC)cc1)C1CSCCO1. The first kappa shape index (κ1) is 14.7. The third kappa shape index (κ3) is 4.13. The van der Waals surface area contributed by atoms with E-state index < -0.39 is 0 Å². The third-order valence-corrected chi connectivity index (χ3v) is 4.21. The van der Waals surface area contributed by atoms with E-state index in [9.17, 15) is 0 Å². The molecular weight excluding hydrogens is 258 g/mol. The van der Waals surface area contributed by atoms with Gasteiger partial charge in [0.05, 0.1) is 25.4 Å². The fourth-order valence-corrected chi connectivity index (χ4v) is 3.22. The molecule has 1 heterocycles. The van der Waals surface area contributed by atoms with Crippen molar-refractivity contribution in [1.82, 2.24) is 5.32 Å². The van der Waals surface area contributed by atoms with E-state index >= 15 is 0 Å². The molecule has 2 atom stereocenters. The summed E-state index contributed by atoms with van der Waals surface area (Å²) in [6, 6.07) is 8.63. The zero-order chi connectivity index (χ0) is 13.5. The molecule has 1 aromatic rings. The first-order valence-corrected chi connectivity index (χ1v) is 8.16. The van der Waals surface area contributed by atoms with Gasteiger partial charge in [-0.2, -0.15) is 11.8 Å². The van der Waals surface area contributed by atoms with Gasteiger partial charge in [0.15, 0.2) is 0 Å². The molecule has 1 saturated heterocycles. The number of hydrogen-bond donors (Lipinski definition) is 1. The van der Waals surface area contributed by atoms with E-state index in [0.717, 1.165) is 30.4 Å². The fraction of sp³-hybridized carbons (Fsp3) is 0.600. The summed E-state index contributed by atoms with van der Waals surface area (Å²) < 4.78 is 11.4. The molecule has 0 saturated carbocycles. The Labute approximate surface area is 120 Å². The Morgan fingerprint density at radius 1 is 1.37 bits per heavy atom. The van der Waals surface area contributed by atoms with Crippen LogP contribution in [0.15, 0.2) is 24.3 Å². The molecule has 0 spiro atoms. The van der Waals surface area contributed by atoms with E-state index in [1.807, 2.05) is 30.8 Å². The van der Waals surface area contributed by atoms with Crippen LogP contribution in [0, 0.1) is 0 Å². The molecule has 1 fully saturated rings. The second-order valence-corrected chi connectivity index (χ2v) is 5.67. The van der Waals surface area contributed by atoms with Crippen molar-refractivity contribution in [3.63, 3.8) is 0 Å². The number of thioether (sulfide) groups is 1. The van der Waals surface area contributed by atoms with E-state index in [4.69, 9.17) is 9.47 Å². The summed E-state index contributed by atoms with van der Waals surface area (Å²) in [6.45, 7) is 6.65. The smallest absolute Gasteiger partial charge is 0.119 e. The number of rotatable bonds is 6. The van der Waals surface area contributed by atoms with Gasteiger partial charge in [-0.25, -0.2) is 0 Å². The van der Waals surface area contributed by atoms with Crippen LogP contribution in [0.1, 0.15) is 25.5 Å². The first-order valence-electron chi connectivity index (χ1n) is 7.00. The van der Waals surface area contributed by atoms with Crippen LogP contribution in [-0.2, 0) is 4.74 Å². The number of nitrogens with one attached hydrogen (secondary N) is 1. The summed E-state index contributed by atoms with van der Waals surface area (Å²) in [5.74, 6) is 3.10. The van der Waals surface area contributed by atoms with Gasteiger partial charge in [-0.1, -0.05) is 19.1 Å². The zero-order valence-electron chi connectivity index (χ0n) is 11.7. The van der Waals surface area contributed by atoms with E-state index in [1.165, 1.54) is 5.56 Å². The Morgan fingerprint density at radius 2 is 2.16 bits per heavy atom. The molecule has 2 rings (SSSR count). The minimum Gasteiger partial charge on any atom is -0.494 e. The highest BCUT2D eigenvalue weighted by atomic mass is 32.2. The van der Waals surface area contributed by atoms with E-state index in [1.54, 1.807) is 0 Å². The lowest BCUT2D eigenvalue weighted by Gasteiger charge is -2.31. The van der Waals surface area contributed by atoms with Gasteiger partial charge in [-0.05, 0) is 31.2 Å². The molecule has 1 aliphatic rings. The second kappa shape index (κ2) is 7.78. The van der Waals surface area contributed by atoms with Crippen molar-refractivity contribution in [1.29, 1.82) is 0 Å². The molecule has 0 amide bonds. The Morgan fingerprint density at radius 3 is 2.74 bits per heavy atom. The van der Waals surface area contributed by atoms with Crippen LogP contribution in [-0.4, -0.2) is 37.4 Å². The van der Waals surface area contributed by atoms with E-state index in [-0.39, 0.29) is 12.1 Å². The Kier molecular flexibility index (Phi) is 6.01. The fourth-order valence-electron chi connectivity index (χ4n) is 2.32. The molecule has 0 aliphatic carbocycles. The van der Waals surface area contributed by atoms with Crippen LogP contribution in [0.4, 0.5) is 0 Å². The van der Waals surface area contributed by atoms with Crippen molar-refractivity contribution in [3.05, 3.63) is 29.8 Å².